The average Bonchev–Trinajstić information content (AvgIpc) is 3.34. The van der Waals surface area contributed by atoms with Gasteiger partial charge >= 0.3 is 0 Å². The molecule has 0 fully saturated rings. The molecule has 0 unspecified atom stereocenters. The van der Waals surface area contributed by atoms with Crippen LogP contribution in [0.1, 0.15) is 22.3 Å². The number of hydrogen-bond donors (Lipinski definition) is 5. The molecule has 218 valence electrons. The third-order valence-electron chi connectivity index (χ3n) is 8.84. The van der Waals surface area contributed by atoms with Crippen LogP contribution < -0.4 is 10.6 Å². The van der Waals surface area contributed by atoms with E-state index >= 15 is 0 Å². The molecule has 2 aromatic carbocycles. The van der Waals surface area contributed by atoms with Crippen molar-refractivity contribution in [2.24, 2.45) is 17.6 Å². The monoisotopic (exact) mass is 573 g/mol. The van der Waals surface area contributed by atoms with Crippen molar-refractivity contribution in [2.45, 2.75) is 24.5 Å². The topological polar surface area (TPSA) is 178 Å². The summed E-state index contributed by atoms with van der Waals surface area (Å²) < 4.78 is 6.21. The number of primary amides is 1. The van der Waals surface area contributed by atoms with E-state index in [1.807, 2.05) is 25.1 Å². The number of Topliss-reactive ketones (excluding diaryl/α,β-unsaturated/α-hetero) is 2. The van der Waals surface area contributed by atoms with E-state index < -0.39 is 58.0 Å². The van der Waals surface area contributed by atoms with Crippen LogP contribution in [0.4, 0.5) is 5.69 Å². The van der Waals surface area contributed by atoms with E-state index in [-0.39, 0.29) is 35.3 Å². The number of nitrogens with zero attached hydrogens (tertiary/aromatic N) is 2. The van der Waals surface area contributed by atoms with Crippen molar-refractivity contribution in [3.8, 4) is 17.1 Å². The number of hydrogen-bond acceptors (Lipinski definition) is 10. The Kier molecular flexibility index (Phi) is 6.03. The summed E-state index contributed by atoms with van der Waals surface area (Å²) in [5, 5.41) is 44.8. The molecule has 0 aliphatic heterocycles. The molecule has 0 spiro atoms. The molecule has 11 heteroatoms. The Bertz CT molecular complexity index is 1760. The van der Waals surface area contributed by atoms with Crippen LogP contribution in [0.15, 0.2) is 63.5 Å². The second kappa shape index (κ2) is 9.20. The first-order valence-corrected chi connectivity index (χ1v) is 13.5. The van der Waals surface area contributed by atoms with E-state index in [0.29, 0.717) is 22.3 Å². The number of nitrogens with two attached hydrogens (primary N) is 1. The van der Waals surface area contributed by atoms with Gasteiger partial charge in [0.15, 0.2) is 11.4 Å². The summed E-state index contributed by atoms with van der Waals surface area (Å²) in [5.41, 5.74) is 4.48. The van der Waals surface area contributed by atoms with Crippen LogP contribution in [0.5, 0.6) is 5.75 Å². The molecule has 42 heavy (non-hydrogen) atoms. The van der Waals surface area contributed by atoms with E-state index in [2.05, 4.69) is 0 Å². The first-order valence-electron chi connectivity index (χ1n) is 13.5. The van der Waals surface area contributed by atoms with Crippen molar-refractivity contribution in [1.29, 1.82) is 0 Å². The van der Waals surface area contributed by atoms with Gasteiger partial charge in [0.05, 0.1) is 11.6 Å². The van der Waals surface area contributed by atoms with Crippen LogP contribution in [0.25, 0.3) is 22.3 Å². The Balaban J connectivity index is 1.58. The van der Waals surface area contributed by atoms with Crippen LogP contribution in [0, 0.1) is 11.8 Å². The number of amides is 1. The highest BCUT2D eigenvalue weighted by atomic mass is 16.4. The van der Waals surface area contributed by atoms with Gasteiger partial charge in [0.1, 0.15) is 34.2 Å². The van der Waals surface area contributed by atoms with Crippen LogP contribution >= 0.6 is 0 Å². The number of phenols is 1. The van der Waals surface area contributed by atoms with E-state index in [1.54, 1.807) is 37.2 Å². The molecule has 3 aliphatic rings. The van der Waals surface area contributed by atoms with E-state index in [4.69, 9.17) is 10.2 Å². The van der Waals surface area contributed by atoms with Crippen molar-refractivity contribution in [3.05, 3.63) is 70.2 Å². The molecule has 1 aromatic heterocycles. The fourth-order valence-corrected chi connectivity index (χ4v) is 6.97. The molecule has 6 N–H and O–H groups in total. The lowest BCUT2D eigenvalue weighted by molar-refractivity contribution is -0.148. The normalized spacial score (nSPS) is 25.5. The lowest BCUT2D eigenvalue weighted by Crippen LogP contribution is -2.63. The number of aromatic hydroxyl groups is 1. The second-order valence-corrected chi connectivity index (χ2v) is 11.7. The molecular formula is C31H31N3O8. The number of aliphatic hydroxyl groups excluding tert-OH is 2. The smallest absolute Gasteiger partial charge is 0.255 e. The van der Waals surface area contributed by atoms with Crippen LogP contribution in [0.3, 0.4) is 0 Å². The molecule has 1 amide bonds. The third-order valence-corrected chi connectivity index (χ3v) is 8.84. The number of carbonyl (C=O) groups excluding carboxylic acids is 3. The summed E-state index contributed by atoms with van der Waals surface area (Å²) in [6.45, 7) is 0. The maximum absolute atomic E-state index is 14.3. The zero-order valence-electron chi connectivity index (χ0n) is 23.5. The predicted octanol–water partition coefficient (Wildman–Crippen LogP) is 2.60. The molecule has 1 heterocycles. The van der Waals surface area contributed by atoms with Crippen molar-refractivity contribution in [3.63, 3.8) is 0 Å². The highest BCUT2D eigenvalue weighted by Gasteiger charge is 2.63. The lowest BCUT2D eigenvalue weighted by Gasteiger charge is -2.50. The molecule has 0 saturated carbocycles. The highest BCUT2D eigenvalue weighted by Crippen LogP contribution is 2.53. The molecule has 0 radical (unpaired) electrons. The second-order valence-electron chi connectivity index (χ2n) is 11.7. The summed E-state index contributed by atoms with van der Waals surface area (Å²) in [6, 6.07) is 9.10. The fourth-order valence-electron chi connectivity index (χ4n) is 6.97. The number of furan rings is 1. The van der Waals surface area contributed by atoms with Crippen molar-refractivity contribution in [2.75, 3.05) is 33.1 Å². The Morgan fingerprint density at radius 2 is 1.71 bits per heavy atom. The molecular weight excluding hydrogens is 542 g/mol. The van der Waals surface area contributed by atoms with E-state index in [1.165, 1.54) is 12.1 Å². The Morgan fingerprint density at radius 1 is 1.05 bits per heavy atom. The number of ketones is 2. The van der Waals surface area contributed by atoms with Gasteiger partial charge < -0.3 is 35.5 Å². The molecule has 3 aromatic rings. The number of phenolic OH excluding ortho intramolecular Hbond substituents is 1. The minimum atomic E-state index is -2.65. The summed E-state index contributed by atoms with van der Waals surface area (Å²) >= 11 is 0. The van der Waals surface area contributed by atoms with Crippen LogP contribution in [-0.4, -0.2) is 82.6 Å². The minimum absolute atomic E-state index is 0.0631. The number of anilines is 1. The van der Waals surface area contributed by atoms with Gasteiger partial charge in [-0.05, 0) is 74.8 Å². The van der Waals surface area contributed by atoms with Gasteiger partial charge in [-0.25, -0.2) is 0 Å². The Hall–Kier alpha value is -4.61. The number of aliphatic hydroxyl groups is 3. The molecule has 11 nitrogen and oxygen atoms in total. The molecule has 4 atom stereocenters. The van der Waals surface area contributed by atoms with Gasteiger partial charge in [-0.1, -0.05) is 0 Å². The fraction of sp³-hybridized carbons (Fsp3) is 0.323. The van der Waals surface area contributed by atoms with Gasteiger partial charge in [0.25, 0.3) is 5.91 Å². The minimum Gasteiger partial charge on any atom is -0.510 e. The maximum Gasteiger partial charge on any atom is 0.255 e. The van der Waals surface area contributed by atoms with Crippen molar-refractivity contribution >= 4 is 34.1 Å². The number of benzene rings is 2. The Morgan fingerprint density at radius 3 is 2.31 bits per heavy atom. The standard InChI is InChI=1S/C31H31N3O8/c1-33(2)19-11-15-12-20(13-5-7-16(35)8-6-13)42-27(15)22-17(19)9-14-10-18-24(34(3)4)26(37)23(30(32)40)29(39)31(18,41)28(38)21(14)25(22)36/h5-8,11-12,14,18,24,35,37-38,41H,9-10H2,1-4H3,(H2,32,40)/t14-,18-,24-,31-/m0/s1. The molecule has 0 bridgehead atoms. The van der Waals surface area contributed by atoms with E-state index in [0.717, 1.165) is 5.69 Å². The summed E-state index contributed by atoms with van der Waals surface area (Å²) in [4.78, 5) is 43.5. The van der Waals surface area contributed by atoms with Gasteiger partial charge in [-0.2, -0.15) is 0 Å². The number of allylic oxidation sites excluding steroid dienone is 1. The van der Waals surface area contributed by atoms with Crippen LogP contribution in [-0.2, 0) is 16.0 Å². The first-order chi connectivity index (χ1) is 19.8. The largest absolute Gasteiger partial charge is 0.510 e. The van der Waals surface area contributed by atoms with Gasteiger partial charge in [0, 0.05) is 42.2 Å². The zero-order valence-corrected chi connectivity index (χ0v) is 23.5. The SMILES string of the molecule is CN(C)c1cc2cc(-c3ccc(O)cc3)oc2c2c1C[C@H]1C[C@H]3[C@H](N(C)C)C(O)=C(C(N)=O)C(=O)[C@@]3(O)C(O)=C1C2=O. The third kappa shape index (κ3) is 3.63. The Labute approximate surface area is 240 Å². The molecule has 3 aliphatic carbocycles. The number of fused-ring (bicyclic) bond motifs is 5. The number of likely N-dealkylation sites (N-methyl/N-ethyl adjacent to an activating group) is 1. The van der Waals surface area contributed by atoms with Gasteiger partial charge in [0.2, 0.25) is 5.78 Å². The summed E-state index contributed by atoms with van der Waals surface area (Å²) in [7, 11) is 6.92. The summed E-state index contributed by atoms with van der Waals surface area (Å²) in [6.07, 6.45) is 0.348. The van der Waals surface area contributed by atoms with Gasteiger partial charge in [-0.15, -0.1) is 0 Å². The quantitative estimate of drug-likeness (QED) is 0.292. The lowest BCUT2D eigenvalue weighted by atomic mass is 9.58. The summed E-state index contributed by atoms with van der Waals surface area (Å²) in [5.74, 6) is -5.60. The highest BCUT2D eigenvalue weighted by molar-refractivity contribution is 6.25. The van der Waals surface area contributed by atoms with Crippen molar-refractivity contribution in [1.82, 2.24) is 4.90 Å². The molecule has 0 saturated heterocycles. The number of rotatable bonds is 4. The van der Waals surface area contributed by atoms with Crippen LogP contribution in [0.2, 0.25) is 0 Å². The van der Waals surface area contributed by atoms with Crippen molar-refractivity contribution < 1.29 is 39.2 Å². The molecule has 6 rings (SSSR count). The number of carbonyl (C=O) groups is 3. The maximum atomic E-state index is 14.3. The zero-order chi connectivity index (χ0) is 30.4. The predicted molar refractivity (Wildman–Crippen MR) is 153 cm³/mol. The first kappa shape index (κ1) is 27.6. The van der Waals surface area contributed by atoms with Gasteiger partial charge in [-0.3, -0.25) is 19.3 Å². The average molecular weight is 574 g/mol. The van der Waals surface area contributed by atoms with E-state index in [9.17, 15) is 34.8 Å².